The van der Waals surface area contributed by atoms with E-state index < -0.39 is 0 Å². The quantitative estimate of drug-likeness (QED) is 0.309. The van der Waals surface area contributed by atoms with Gasteiger partial charge in [-0.2, -0.15) is 0 Å². The molecule has 0 amide bonds. The molecule has 0 heterocycles. The molecular weight excluding hydrogens is 202 g/mol. The van der Waals surface area contributed by atoms with E-state index in [1.54, 1.807) is 0 Å². The van der Waals surface area contributed by atoms with Gasteiger partial charge in [0, 0.05) is 47.4 Å². The minimum atomic E-state index is 0.929. The molecule has 0 nitrogen and oxygen atoms in total. The second-order valence-corrected chi connectivity index (χ2v) is 6.30. The summed E-state index contributed by atoms with van der Waals surface area (Å²) in [6, 6.07) is 0. The monoisotopic (exact) mass is 230 g/mol. The summed E-state index contributed by atoms with van der Waals surface area (Å²) < 4.78 is 0. The van der Waals surface area contributed by atoms with Crippen molar-refractivity contribution < 1.29 is 0 Å². The van der Waals surface area contributed by atoms with Gasteiger partial charge in [0.2, 0.25) is 0 Å². The van der Waals surface area contributed by atoms with Gasteiger partial charge in [0.1, 0.15) is 0 Å². The molecule has 0 spiro atoms. The lowest BCUT2D eigenvalue weighted by atomic mass is 8.55. The molecular formula is C6H26B12. The Hall–Kier alpha value is 0.779. The van der Waals surface area contributed by atoms with E-state index in [0.717, 1.165) is 25.0 Å². The molecule has 0 aliphatic heterocycles. The first-order chi connectivity index (χ1) is 8.64. The maximum absolute atomic E-state index is 2.47. The zero-order valence-corrected chi connectivity index (χ0v) is 14.0. The fourth-order valence-electron chi connectivity index (χ4n) is 3.78. The molecule has 0 aromatic heterocycles. The summed E-state index contributed by atoms with van der Waals surface area (Å²) in [4.78, 5) is 0. The zero-order chi connectivity index (χ0) is 14.0. The fourth-order valence-corrected chi connectivity index (χ4v) is 3.78. The van der Waals surface area contributed by atoms with Gasteiger partial charge in [-0.15, -0.1) is 0 Å². The Kier molecular flexibility index (Phi) is 12.1. The van der Waals surface area contributed by atoms with Crippen molar-refractivity contribution in [1.82, 2.24) is 0 Å². The van der Waals surface area contributed by atoms with E-state index in [9.17, 15) is 0 Å². The molecule has 0 radical (unpaired) electrons. The first-order valence-corrected chi connectivity index (χ1v) is 8.64. The van der Waals surface area contributed by atoms with Crippen LogP contribution in [0, 0.1) is 0 Å². The molecule has 0 bridgehead atoms. The molecule has 0 aliphatic rings. The van der Waals surface area contributed by atoms with E-state index in [1.165, 1.54) is 54.7 Å². The maximum atomic E-state index is 2.47. The molecule has 0 aromatic carbocycles. The van der Waals surface area contributed by atoms with Crippen LogP contribution in [0.5, 0.6) is 0 Å². The first-order valence-electron chi connectivity index (χ1n) is 8.64. The topological polar surface area (TPSA) is 0 Å². The molecule has 0 rings (SSSR count). The van der Waals surface area contributed by atoms with Crippen LogP contribution in [0.3, 0.4) is 0 Å². The summed E-state index contributed by atoms with van der Waals surface area (Å²) in [7, 11) is 16.5. The van der Waals surface area contributed by atoms with Crippen molar-refractivity contribution in [3.63, 3.8) is 0 Å². The van der Waals surface area contributed by atoms with E-state index in [1.807, 2.05) is 0 Å². The van der Waals surface area contributed by atoms with Gasteiger partial charge < -0.3 is 0 Å². The van der Waals surface area contributed by atoms with Crippen molar-refractivity contribution in [1.29, 1.82) is 0 Å². The largest absolute Gasteiger partial charge is 0.0772 e. The lowest BCUT2D eigenvalue weighted by Crippen LogP contribution is -2.65. The molecule has 1 atom stereocenters. The summed E-state index contributed by atoms with van der Waals surface area (Å²) in [6.45, 7) is 4.78. The standard InChI is InChI=1S/C6H26B12/c1-3-4-5-6(2)11-16(12-7)18(15-10)17(13-8)14-9/h6,11-15H,3-5,7-10H2,1-2H3. The third-order valence-electron chi connectivity index (χ3n) is 5.01. The van der Waals surface area contributed by atoms with Gasteiger partial charge in [0.15, 0.2) is 0 Å². The molecule has 0 N–H and O–H groups in total. The van der Waals surface area contributed by atoms with Crippen molar-refractivity contribution in [2.75, 3.05) is 0 Å². The van der Waals surface area contributed by atoms with Gasteiger partial charge >= 0.3 is 0 Å². The van der Waals surface area contributed by atoms with Gasteiger partial charge in [-0.3, -0.25) is 0 Å². The van der Waals surface area contributed by atoms with Crippen LogP contribution in [0.2, 0.25) is 5.82 Å². The van der Waals surface area contributed by atoms with Crippen molar-refractivity contribution in [2.24, 2.45) is 0 Å². The Labute approximate surface area is 124 Å². The average Bonchev–Trinajstić information content (AvgIpc) is 2.40. The second kappa shape index (κ2) is 11.6. The molecule has 18 heavy (non-hydrogen) atoms. The predicted octanol–water partition coefficient (Wildman–Crippen LogP) is -5.52. The van der Waals surface area contributed by atoms with Crippen LogP contribution in [-0.2, 0) is 0 Å². The molecule has 12 heteroatoms. The number of unbranched alkanes of at least 4 members (excludes halogenated alkanes) is 1. The Balaban J connectivity index is 4.41. The van der Waals surface area contributed by atoms with Gasteiger partial charge in [-0.1, -0.05) is 38.9 Å². The van der Waals surface area contributed by atoms with Gasteiger partial charge in [-0.05, 0) is 0 Å². The van der Waals surface area contributed by atoms with Crippen LogP contribution in [0.4, 0.5) is 0 Å². The maximum Gasteiger partial charge on any atom is 0.0762 e. The molecule has 0 saturated heterocycles. The van der Waals surface area contributed by atoms with Gasteiger partial charge in [0.25, 0.3) is 0 Å². The normalized spacial score (nSPS) is 11.0. The number of hydrogen-bond donors (Lipinski definition) is 0. The van der Waals surface area contributed by atoms with Crippen LogP contribution in [-0.4, -0.2) is 85.5 Å². The first kappa shape index (κ1) is 18.8. The lowest BCUT2D eigenvalue weighted by Gasteiger charge is -2.27. The van der Waals surface area contributed by atoms with Crippen LogP contribution < -0.4 is 0 Å². The highest BCUT2D eigenvalue weighted by atomic mass is 13.9. The van der Waals surface area contributed by atoms with E-state index in [2.05, 4.69) is 44.8 Å². The Morgan fingerprint density at radius 3 is 1.89 bits per heavy atom. The predicted molar refractivity (Wildman–Crippen MR) is 116 cm³/mol. The van der Waals surface area contributed by atoms with Crippen LogP contribution in [0.25, 0.3) is 0 Å². The molecule has 1 unspecified atom stereocenters. The summed E-state index contributed by atoms with van der Waals surface area (Å²) in [5, 5.41) is 0. The summed E-state index contributed by atoms with van der Waals surface area (Å²) in [6.07, 6.45) is 7.09. The van der Waals surface area contributed by atoms with E-state index in [4.69, 9.17) is 0 Å². The third kappa shape index (κ3) is 6.80. The highest BCUT2D eigenvalue weighted by molar-refractivity contribution is 8.01. The smallest absolute Gasteiger partial charge is 0.0762 e. The average molecular weight is 228 g/mol. The second-order valence-electron chi connectivity index (χ2n) is 6.30. The highest BCUT2D eigenvalue weighted by Gasteiger charge is 2.32. The zero-order valence-electron chi connectivity index (χ0n) is 14.0. The Morgan fingerprint density at radius 2 is 1.50 bits per heavy atom. The number of hydrogen-bond acceptors (Lipinski definition) is 0. The van der Waals surface area contributed by atoms with Crippen LogP contribution >= 0.6 is 0 Å². The van der Waals surface area contributed by atoms with Crippen molar-refractivity contribution in [3.05, 3.63) is 0 Å². The highest BCUT2D eigenvalue weighted by Crippen LogP contribution is 2.13. The van der Waals surface area contributed by atoms with E-state index in [0.29, 0.717) is 0 Å². The van der Waals surface area contributed by atoms with E-state index >= 15 is 0 Å². The molecule has 0 aromatic rings. The fraction of sp³-hybridized carbons (Fsp3) is 1.00. The number of rotatable bonds is 11. The van der Waals surface area contributed by atoms with Crippen LogP contribution in [0.1, 0.15) is 33.1 Å². The Bertz CT molecular complexity index is 185. The summed E-state index contributed by atoms with van der Waals surface area (Å²) in [5.74, 6) is 0.929. The SMILES string of the molecule is BBB(BB)B(BB)B(BB)BC(C)CCCC. The molecule has 0 aliphatic carbocycles. The lowest BCUT2D eigenvalue weighted by molar-refractivity contribution is 0.699. The van der Waals surface area contributed by atoms with Gasteiger partial charge in [0.05, 0.1) is 38.1 Å². The van der Waals surface area contributed by atoms with Gasteiger partial charge in [-0.25, -0.2) is 0 Å². The minimum absolute atomic E-state index is 0.929. The molecule has 86 valence electrons. The van der Waals surface area contributed by atoms with Crippen LogP contribution in [0.15, 0.2) is 0 Å². The van der Waals surface area contributed by atoms with Crippen molar-refractivity contribution >= 4 is 85.5 Å². The third-order valence-corrected chi connectivity index (χ3v) is 5.01. The van der Waals surface area contributed by atoms with E-state index in [-0.39, 0.29) is 0 Å². The van der Waals surface area contributed by atoms with Crippen molar-refractivity contribution in [2.45, 2.75) is 38.9 Å². The molecule has 0 fully saturated rings. The summed E-state index contributed by atoms with van der Waals surface area (Å²) in [5.41, 5.74) is 0. The minimum Gasteiger partial charge on any atom is -0.0772 e. The Morgan fingerprint density at radius 1 is 0.944 bits per heavy atom. The van der Waals surface area contributed by atoms with Crippen molar-refractivity contribution in [3.8, 4) is 0 Å². The summed E-state index contributed by atoms with van der Waals surface area (Å²) >= 11 is 0. The molecule has 0 saturated carbocycles.